The summed E-state index contributed by atoms with van der Waals surface area (Å²) in [4.78, 5) is 14.9. The number of carbonyl (C=O) groups is 1. The highest BCUT2D eigenvalue weighted by atomic mass is 35.5. The minimum absolute atomic E-state index is 0.491. The van der Waals surface area contributed by atoms with E-state index in [0.29, 0.717) is 21.4 Å². The summed E-state index contributed by atoms with van der Waals surface area (Å²) in [5.41, 5.74) is 3.99. The van der Waals surface area contributed by atoms with E-state index in [1.165, 1.54) is 0 Å². The Morgan fingerprint density at radius 1 is 1.18 bits per heavy atom. The van der Waals surface area contributed by atoms with Crippen molar-refractivity contribution in [2.45, 2.75) is 6.92 Å². The van der Waals surface area contributed by atoms with Crippen LogP contribution in [0.5, 0.6) is 5.75 Å². The number of halogens is 2. The molecular weight excluding hydrogens is 321 g/mol. The number of aromatic nitrogens is 1. The van der Waals surface area contributed by atoms with Gasteiger partial charge < -0.3 is 9.72 Å². The summed E-state index contributed by atoms with van der Waals surface area (Å²) in [5, 5.41) is 1.90. The van der Waals surface area contributed by atoms with Crippen molar-refractivity contribution in [3.63, 3.8) is 0 Å². The molecule has 1 aromatic heterocycles. The van der Waals surface area contributed by atoms with Gasteiger partial charge in [-0.2, -0.15) is 0 Å². The maximum Gasteiger partial charge on any atom is 0.152 e. The number of rotatable bonds is 3. The van der Waals surface area contributed by atoms with Gasteiger partial charge in [-0.3, -0.25) is 4.79 Å². The van der Waals surface area contributed by atoms with Gasteiger partial charge in [0, 0.05) is 27.1 Å². The second-order valence-electron chi connectivity index (χ2n) is 5.03. The molecule has 0 saturated carbocycles. The third-order valence-electron chi connectivity index (χ3n) is 3.67. The minimum atomic E-state index is 0.491. The first-order chi connectivity index (χ1) is 10.5. The molecule has 0 unspecified atom stereocenters. The quantitative estimate of drug-likeness (QED) is 0.663. The summed E-state index contributed by atoms with van der Waals surface area (Å²) in [6, 6.07) is 9.06. The molecule has 0 aliphatic carbocycles. The number of ether oxygens (including phenoxy) is 1. The lowest BCUT2D eigenvalue weighted by Gasteiger charge is -2.05. The van der Waals surface area contributed by atoms with E-state index in [9.17, 15) is 4.79 Å². The standard InChI is InChI=1S/C17H13Cl2NO2/c1-9-5-11(18)7-12-13(8-21)17(20-16(9)12)10-3-4-15(22-2)14(19)6-10/h3-8,20H,1-2H3. The predicted molar refractivity (Wildman–Crippen MR) is 90.4 cm³/mol. The van der Waals surface area contributed by atoms with Crippen molar-refractivity contribution >= 4 is 40.4 Å². The second kappa shape index (κ2) is 5.67. The van der Waals surface area contributed by atoms with Crippen LogP contribution in [0.1, 0.15) is 15.9 Å². The molecule has 0 fully saturated rings. The van der Waals surface area contributed by atoms with Crippen LogP contribution in [0.15, 0.2) is 30.3 Å². The monoisotopic (exact) mass is 333 g/mol. The van der Waals surface area contributed by atoms with E-state index in [0.717, 1.165) is 34.0 Å². The number of H-pyrrole nitrogens is 1. The van der Waals surface area contributed by atoms with Crippen LogP contribution in [0.25, 0.3) is 22.2 Å². The summed E-state index contributed by atoms with van der Waals surface area (Å²) in [7, 11) is 1.56. The molecule has 3 nitrogen and oxygen atoms in total. The molecule has 0 atom stereocenters. The van der Waals surface area contributed by atoms with Gasteiger partial charge in [0.15, 0.2) is 6.29 Å². The number of carbonyl (C=O) groups excluding carboxylic acids is 1. The van der Waals surface area contributed by atoms with Gasteiger partial charge in [-0.1, -0.05) is 23.2 Å². The molecule has 0 aliphatic heterocycles. The molecule has 5 heteroatoms. The Kier molecular flexibility index (Phi) is 3.85. The number of aldehydes is 1. The van der Waals surface area contributed by atoms with Gasteiger partial charge in [0.25, 0.3) is 0 Å². The first-order valence-corrected chi connectivity index (χ1v) is 7.41. The first-order valence-electron chi connectivity index (χ1n) is 6.66. The Morgan fingerprint density at radius 2 is 1.95 bits per heavy atom. The van der Waals surface area contributed by atoms with Crippen molar-refractivity contribution in [3.05, 3.63) is 51.5 Å². The number of methoxy groups -OCH3 is 1. The van der Waals surface area contributed by atoms with Crippen LogP contribution < -0.4 is 4.74 Å². The summed E-state index contributed by atoms with van der Waals surface area (Å²) >= 11 is 12.3. The lowest BCUT2D eigenvalue weighted by Crippen LogP contribution is -1.87. The molecule has 1 N–H and O–H groups in total. The fourth-order valence-electron chi connectivity index (χ4n) is 2.62. The van der Waals surface area contributed by atoms with Crippen molar-refractivity contribution < 1.29 is 9.53 Å². The predicted octanol–water partition coefficient (Wildman–Crippen LogP) is 5.27. The summed E-state index contributed by atoms with van der Waals surface area (Å²) in [6.07, 6.45) is 0.835. The molecule has 112 valence electrons. The van der Waals surface area contributed by atoms with Crippen LogP contribution >= 0.6 is 23.2 Å². The Bertz CT molecular complexity index is 884. The SMILES string of the molecule is COc1ccc(-c2[nH]c3c(C)cc(Cl)cc3c2C=O)cc1Cl. The third-order valence-corrected chi connectivity index (χ3v) is 4.18. The third kappa shape index (κ3) is 2.36. The Labute approximate surface area is 137 Å². The molecule has 22 heavy (non-hydrogen) atoms. The number of benzene rings is 2. The molecule has 0 bridgehead atoms. The first kappa shape index (κ1) is 14.9. The molecule has 0 aliphatic rings. The number of aromatic amines is 1. The lowest BCUT2D eigenvalue weighted by molar-refractivity contribution is 0.112. The van der Waals surface area contributed by atoms with Crippen LogP contribution in [0.4, 0.5) is 0 Å². The molecular formula is C17H13Cl2NO2. The fourth-order valence-corrected chi connectivity index (χ4v) is 3.15. The van der Waals surface area contributed by atoms with Crippen molar-refractivity contribution in [2.24, 2.45) is 0 Å². The van der Waals surface area contributed by atoms with E-state index < -0.39 is 0 Å². The topological polar surface area (TPSA) is 42.1 Å². The van der Waals surface area contributed by atoms with Gasteiger partial charge in [-0.05, 0) is 42.8 Å². The van der Waals surface area contributed by atoms with E-state index >= 15 is 0 Å². The second-order valence-corrected chi connectivity index (χ2v) is 5.87. The van der Waals surface area contributed by atoms with Crippen LogP contribution in [0.2, 0.25) is 10.0 Å². The Hall–Kier alpha value is -1.97. The highest BCUT2D eigenvalue weighted by Gasteiger charge is 2.15. The Morgan fingerprint density at radius 3 is 2.59 bits per heavy atom. The van der Waals surface area contributed by atoms with E-state index in [1.54, 1.807) is 25.3 Å². The molecule has 0 spiro atoms. The van der Waals surface area contributed by atoms with E-state index in [-0.39, 0.29) is 0 Å². The van der Waals surface area contributed by atoms with E-state index in [2.05, 4.69) is 4.98 Å². The van der Waals surface area contributed by atoms with Crippen molar-refractivity contribution in [1.29, 1.82) is 0 Å². The van der Waals surface area contributed by atoms with Crippen molar-refractivity contribution in [2.75, 3.05) is 7.11 Å². The highest BCUT2D eigenvalue weighted by Crippen LogP contribution is 2.35. The van der Waals surface area contributed by atoms with Gasteiger partial charge in [0.1, 0.15) is 5.75 Å². The minimum Gasteiger partial charge on any atom is -0.495 e. The highest BCUT2D eigenvalue weighted by molar-refractivity contribution is 6.32. The number of hydrogen-bond donors (Lipinski definition) is 1. The summed E-state index contributed by atoms with van der Waals surface area (Å²) in [5.74, 6) is 0.591. The number of hydrogen-bond acceptors (Lipinski definition) is 2. The average molecular weight is 334 g/mol. The summed E-state index contributed by atoms with van der Waals surface area (Å²) in [6.45, 7) is 1.95. The van der Waals surface area contributed by atoms with E-state index in [1.807, 2.05) is 19.1 Å². The molecule has 3 aromatic rings. The zero-order chi connectivity index (χ0) is 15.9. The molecule has 0 saturated heterocycles. The molecule has 1 heterocycles. The van der Waals surface area contributed by atoms with Crippen molar-refractivity contribution in [3.8, 4) is 17.0 Å². The lowest BCUT2D eigenvalue weighted by atomic mass is 10.1. The van der Waals surface area contributed by atoms with Crippen LogP contribution in [-0.4, -0.2) is 18.4 Å². The van der Waals surface area contributed by atoms with Crippen molar-refractivity contribution in [1.82, 2.24) is 4.98 Å². The molecule has 2 aromatic carbocycles. The molecule has 0 amide bonds. The van der Waals surface area contributed by atoms with Crippen LogP contribution in [0.3, 0.4) is 0 Å². The number of fused-ring (bicyclic) bond motifs is 1. The average Bonchev–Trinajstić information content (AvgIpc) is 2.85. The van der Waals surface area contributed by atoms with Gasteiger partial charge in [0.2, 0.25) is 0 Å². The Balaban J connectivity index is 2.29. The largest absolute Gasteiger partial charge is 0.495 e. The smallest absolute Gasteiger partial charge is 0.152 e. The zero-order valence-corrected chi connectivity index (χ0v) is 13.5. The van der Waals surface area contributed by atoms with Crippen LogP contribution in [0, 0.1) is 6.92 Å². The van der Waals surface area contributed by atoms with Crippen LogP contribution in [-0.2, 0) is 0 Å². The molecule has 3 rings (SSSR count). The summed E-state index contributed by atoms with van der Waals surface area (Å²) < 4.78 is 5.16. The van der Waals surface area contributed by atoms with Gasteiger partial charge in [-0.25, -0.2) is 0 Å². The normalized spacial score (nSPS) is 10.9. The maximum absolute atomic E-state index is 11.6. The number of aryl methyl sites for hydroxylation is 1. The van der Waals surface area contributed by atoms with Gasteiger partial charge in [0.05, 0.1) is 17.8 Å². The fraction of sp³-hybridized carbons (Fsp3) is 0.118. The maximum atomic E-state index is 11.6. The van der Waals surface area contributed by atoms with E-state index in [4.69, 9.17) is 27.9 Å². The number of nitrogens with one attached hydrogen (secondary N) is 1. The molecule has 0 radical (unpaired) electrons. The zero-order valence-electron chi connectivity index (χ0n) is 12.0. The van der Waals surface area contributed by atoms with Gasteiger partial charge in [-0.15, -0.1) is 0 Å². The van der Waals surface area contributed by atoms with Gasteiger partial charge >= 0.3 is 0 Å².